The molecule has 1 unspecified atom stereocenters. The summed E-state index contributed by atoms with van der Waals surface area (Å²) in [6, 6.07) is 25.8. The highest BCUT2D eigenvalue weighted by Gasteiger charge is 2.50. The first-order valence-electron chi connectivity index (χ1n) is 13.5. The number of thiol groups is 1. The van der Waals surface area contributed by atoms with E-state index < -0.39 is 0 Å². The Kier molecular flexibility index (Phi) is 8.72. The molecule has 2 atom stereocenters. The van der Waals surface area contributed by atoms with Crippen LogP contribution >= 0.6 is 24.2 Å². The number of hydrogen-bond acceptors (Lipinski definition) is 5. The SMILES string of the molecule is COC(=O)c1ccccc1CC[C@H](c1cccc(C=Cc2ccc3ccc(Cl)cc3n2)c1)C(S)C1(CC=O)CC1. The van der Waals surface area contributed by atoms with Gasteiger partial charge in [0.05, 0.1) is 23.9 Å². The van der Waals surface area contributed by atoms with E-state index in [2.05, 4.69) is 30.3 Å². The van der Waals surface area contributed by atoms with Gasteiger partial charge in [-0.15, -0.1) is 0 Å². The summed E-state index contributed by atoms with van der Waals surface area (Å²) in [4.78, 5) is 28.6. The molecule has 1 aromatic heterocycles. The van der Waals surface area contributed by atoms with Crippen LogP contribution in [0.15, 0.2) is 78.9 Å². The third-order valence-electron chi connectivity index (χ3n) is 8.00. The molecule has 0 saturated heterocycles. The number of nitrogens with zero attached hydrogens (tertiary/aromatic N) is 1. The van der Waals surface area contributed by atoms with E-state index in [4.69, 9.17) is 34.0 Å². The number of fused-ring (bicyclic) bond motifs is 1. The molecule has 204 valence electrons. The minimum absolute atomic E-state index is 0.0223. The summed E-state index contributed by atoms with van der Waals surface area (Å²) < 4.78 is 5.01. The quantitative estimate of drug-likeness (QED) is 0.112. The van der Waals surface area contributed by atoms with Crippen molar-refractivity contribution in [1.82, 2.24) is 4.98 Å². The fraction of sp³-hybridized carbons (Fsp3) is 0.265. The van der Waals surface area contributed by atoms with Crippen LogP contribution in [0.4, 0.5) is 0 Å². The summed E-state index contributed by atoms with van der Waals surface area (Å²) in [6.07, 6.45) is 9.14. The van der Waals surface area contributed by atoms with Gasteiger partial charge in [-0.25, -0.2) is 9.78 Å². The first-order chi connectivity index (χ1) is 19.4. The molecule has 4 aromatic rings. The number of aromatic nitrogens is 1. The van der Waals surface area contributed by atoms with Crippen molar-refractivity contribution in [2.75, 3.05) is 7.11 Å². The maximum absolute atomic E-state index is 12.4. The summed E-state index contributed by atoms with van der Waals surface area (Å²) in [5.74, 6) is -0.225. The summed E-state index contributed by atoms with van der Waals surface area (Å²) in [5.41, 5.74) is 5.43. The lowest BCUT2D eigenvalue weighted by Gasteiger charge is -2.30. The minimum atomic E-state index is -0.328. The number of ether oxygens (including phenoxy) is 1. The zero-order valence-corrected chi connectivity index (χ0v) is 24.1. The fourth-order valence-electron chi connectivity index (χ4n) is 5.51. The Morgan fingerprint density at radius 1 is 1.05 bits per heavy atom. The van der Waals surface area contributed by atoms with E-state index in [0.717, 1.165) is 53.3 Å². The second-order valence-electron chi connectivity index (χ2n) is 10.5. The highest BCUT2D eigenvalue weighted by atomic mass is 35.5. The second kappa shape index (κ2) is 12.4. The van der Waals surface area contributed by atoms with Crippen molar-refractivity contribution in [2.45, 2.75) is 43.3 Å². The summed E-state index contributed by atoms with van der Waals surface area (Å²) >= 11 is 11.3. The lowest BCUT2D eigenvalue weighted by Crippen LogP contribution is -2.26. The first-order valence-corrected chi connectivity index (χ1v) is 14.4. The number of carbonyl (C=O) groups excluding carboxylic acids is 2. The lowest BCUT2D eigenvalue weighted by molar-refractivity contribution is -0.108. The van der Waals surface area contributed by atoms with Crippen molar-refractivity contribution in [3.63, 3.8) is 0 Å². The molecule has 0 amide bonds. The van der Waals surface area contributed by atoms with Crippen LogP contribution in [-0.4, -0.2) is 29.6 Å². The van der Waals surface area contributed by atoms with Crippen molar-refractivity contribution in [3.8, 4) is 0 Å². The molecule has 0 radical (unpaired) electrons. The maximum Gasteiger partial charge on any atom is 0.338 e. The molecule has 0 spiro atoms. The van der Waals surface area contributed by atoms with Gasteiger partial charge in [0.2, 0.25) is 0 Å². The number of pyridine rings is 1. The van der Waals surface area contributed by atoms with Gasteiger partial charge in [-0.1, -0.05) is 72.3 Å². The number of hydrogen-bond donors (Lipinski definition) is 1. The van der Waals surface area contributed by atoms with Gasteiger partial charge in [-0.2, -0.15) is 12.6 Å². The number of aldehydes is 1. The molecule has 0 aliphatic heterocycles. The smallest absolute Gasteiger partial charge is 0.338 e. The molecule has 4 nitrogen and oxygen atoms in total. The number of methoxy groups -OCH3 is 1. The van der Waals surface area contributed by atoms with Gasteiger partial charge in [0.25, 0.3) is 0 Å². The molecule has 1 saturated carbocycles. The van der Waals surface area contributed by atoms with Crippen molar-refractivity contribution < 1.29 is 14.3 Å². The number of halogens is 1. The lowest BCUT2D eigenvalue weighted by atomic mass is 9.80. The largest absolute Gasteiger partial charge is 0.465 e. The molecule has 6 heteroatoms. The summed E-state index contributed by atoms with van der Waals surface area (Å²) in [7, 11) is 1.41. The van der Waals surface area contributed by atoms with Crippen LogP contribution in [0.3, 0.4) is 0 Å². The molecule has 1 aliphatic carbocycles. The van der Waals surface area contributed by atoms with Gasteiger partial charge in [0.15, 0.2) is 0 Å². The zero-order valence-electron chi connectivity index (χ0n) is 22.4. The standard InChI is InChI=1S/C34H32ClNO3S/c1-39-33(38)30-8-3-2-6-24(30)12-16-29(32(40)34(17-18-34)19-20-37)26-7-4-5-23(21-26)9-14-28-15-11-25-10-13-27(35)22-31(25)36-28/h2-11,13-15,20-22,29,32,40H,12,16-19H2,1H3/t29-,32?/m1/s1. The molecule has 1 aliphatic rings. The topological polar surface area (TPSA) is 56.3 Å². The van der Waals surface area contributed by atoms with Crippen LogP contribution in [-0.2, 0) is 16.0 Å². The predicted molar refractivity (Wildman–Crippen MR) is 166 cm³/mol. The minimum Gasteiger partial charge on any atom is -0.465 e. The molecule has 40 heavy (non-hydrogen) atoms. The molecular formula is C34H32ClNO3S. The Bertz CT molecular complexity index is 1560. The molecule has 3 aromatic carbocycles. The van der Waals surface area contributed by atoms with E-state index in [1.165, 1.54) is 12.7 Å². The summed E-state index contributed by atoms with van der Waals surface area (Å²) in [5, 5.41) is 1.73. The third-order valence-corrected chi connectivity index (χ3v) is 9.14. The van der Waals surface area contributed by atoms with Crippen LogP contribution in [0, 0.1) is 5.41 Å². The average molecular weight is 570 g/mol. The number of carbonyl (C=O) groups is 2. The molecule has 0 N–H and O–H groups in total. The van der Waals surface area contributed by atoms with Crippen molar-refractivity contribution in [2.24, 2.45) is 5.41 Å². The predicted octanol–water partition coefficient (Wildman–Crippen LogP) is 8.23. The van der Waals surface area contributed by atoms with E-state index in [0.29, 0.717) is 23.4 Å². The molecule has 1 heterocycles. The van der Waals surface area contributed by atoms with Gasteiger partial charge in [0.1, 0.15) is 6.29 Å². The van der Waals surface area contributed by atoms with E-state index >= 15 is 0 Å². The average Bonchev–Trinajstić information content (AvgIpc) is 3.77. The highest BCUT2D eigenvalue weighted by Crippen LogP contribution is 2.57. The van der Waals surface area contributed by atoms with E-state index in [-0.39, 0.29) is 22.6 Å². The van der Waals surface area contributed by atoms with Crippen LogP contribution in [0.2, 0.25) is 5.02 Å². The van der Waals surface area contributed by atoms with Crippen LogP contribution in [0.1, 0.15) is 64.3 Å². The van der Waals surface area contributed by atoms with Crippen molar-refractivity contribution >= 4 is 59.5 Å². The van der Waals surface area contributed by atoms with Crippen molar-refractivity contribution in [1.29, 1.82) is 0 Å². The Labute approximate surface area is 245 Å². The first kappa shape index (κ1) is 28.1. The van der Waals surface area contributed by atoms with E-state index in [1.54, 1.807) is 0 Å². The van der Waals surface area contributed by atoms with E-state index in [1.807, 2.05) is 60.7 Å². The van der Waals surface area contributed by atoms with Gasteiger partial charge in [-0.05, 0) is 84.0 Å². The van der Waals surface area contributed by atoms with Gasteiger partial charge in [0, 0.05) is 22.1 Å². The Morgan fingerprint density at radius 2 is 1.85 bits per heavy atom. The summed E-state index contributed by atoms with van der Waals surface area (Å²) in [6.45, 7) is 0. The van der Waals surface area contributed by atoms with Gasteiger partial charge in [-0.3, -0.25) is 0 Å². The van der Waals surface area contributed by atoms with Crippen molar-refractivity contribution in [3.05, 3.63) is 112 Å². The van der Waals surface area contributed by atoms with E-state index in [9.17, 15) is 9.59 Å². The molecule has 0 bridgehead atoms. The third kappa shape index (κ3) is 6.32. The Morgan fingerprint density at radius 3 is 2.62 bits per heavy atom. The Hall–Kier alpha value is -3.41. The fourth-order valence-corrected chi connectivity index (χ4v) is 6.36. The highest BCUT2D eigenvalue weighted by molar-refractivity contribution is 7.81. The maximum atomic E-state index is 12.4. The number of aryl methyl sites for hydroxylation is 1. The van der Waals surface area contributed by atoms with Crippen LogP contribution < -0.4 is 0 Å². The number of esters is 1. The van der Waals surface area contributed by atoms with Gasteiger partial charge >= 0.3 is 5.97 Å². The normalized spacial score (nSPS) is 15.6. The monoisotopic (exact) mass is 569 g/mol. The van der Waals surface area contributed by atoms with Crippen LogP contribution in [0.5, 0.6) is 0 Å². The molecule has 1 fully saturated rings. The van der Waals surface area contributed by atoms with Gasteiger partial charge < -0.3 is 9.53 Å². The molecular weight excluding hydrogens is 538 g/mol. The zero-order chi connectivity index (χ0) is 28.1. The molecule has 5 rings (SSSR count). The van der Waals surface area contributed by atoms with Crippen LogP contribution in [0.25, 0.3) is 23.1 Å². The number of rotatable bonds is 11. The Balaban J connectivity index is 1.42. The second-order valence-corrected chi connectivity index (χ2v) is 11.5. The number of benzene rings is 3.